The number of hydrogen-bond acceptors (Lipinski definition) is 6. The van der Waals surface area contributed by atoms with Crippen LogP contribution in [0.1, 0.15) is 35.0 Å². The van der Waals surface area contributed by atoms with Gasteiger partial charge in [-0.15, -0.1) is 10.2 Å². The Balaban J connectivity index is 1.25. The predicted molar refractivity (Wildman–Crippen MR) is 124 cm³/mol. The molecule has 0 spiro atoms. The van der Waals surface area contributed by atoms with Crippen LogP contribution in [0.25, 0.3) is 11.0 Å². The van der Waals surface area contributed by atoms with Crippen LogP contribution in [0.2, 0.25) is 0 Å². The Morgan fingerprint density at radius 3 is 2.88 bits per heavy atom. The van der Waals surface area contributed by atoms with E-state index in [1.54, 1.807) is 7.11 Å². The van der Waals surface area contributed by atoms with Crippen LogP contribution in [0.15, 0.2) is 36.5 Å². The number of benzene rings is 1. The van der Waals surface area contributed by atoms with Crippen LogP contribution >= 0.6 is 0 Å². The summed E-state index contributed by atoms with van der Waals surface area (Å²) in [5, 5.41) is 12.5. The number of anilines is 1. The highest BCUT2D eigenvalue weighted by Gasteiger charge is 2.31. The fourth-order valence-corrected chi connectivity index (χ4v) is 4.93. The van der Waals surface area contributed by atoms with E-state index in [9.17, 15) is 4.79 Å². The summed E-state index contributed by atoms with van der Waals surface area (Å²) in [6.45, 7) is 4.51. The van der Waals surface area contributed by atoms with Gasteiger partial charge in [0.25, 0.3) is 5.91 Å². The summed E-state index contributed by atoms with van der Waals surface area (Å²) in [5.74, 6) is -0.162. The summed E-state index contributed by atoms with van der Waals surface area (Å²) in [4.78, 5) is 15.1. The molecule has 32 heavy (non-hydrogen) atoms. The van der Waals surface area contributed by atoms with Gasteiger partial charge >= 0.3 is 0 Å². The summed E-state index contributed by atoms with van der Waals surface area (Å²) in [7, 11) is 1.72. The number of carbonyl (C=O) groups is 1. The third-order valence-corrected chi connectivity index (χ3v) is 6.81. The van der Waals surface area contributed by atoms with Gasteiger partial charge in [-0.3, -0.25) is 4.79 Å². The first-order valence-corrected chi connectivity index (χ1v) is 11.3. The van der Waals surface area contributed by atoms with Crippen molar-refractivity contribution in [1.29, 1.82) is 0 Å². The SMILES string of the molecule is CCn1ccc2cc(C(=O)N[C@H]3CCc4cc(N5C[C@H](OC)[C@@H](N)C5)ccc4C3)nnc21. The molecule has 1 aromatic carbocycles. The molecule has 0 bridgehead atoms. The molecule has 1 fully saturated rings. The Hall–Kier alpha value is -2.97. The molecule has 1 aliphatic heterocycles. The molecule has 0 saturated carbocycles. The number of fused-ring (bicyclic) bond motifs is 2. The van der Waals surface area contributed by atoms with Gasteiger partial charge in [-0.1, -0.05) is 6.07 Å². The maximum Gasteiger partial charge on any atom is 0.272 e. The average molecular weight is 435 g/mol. The monoisotopic (exact) mass is 434 g/mol. The van der Waals surface area contributed by atoms with Crippen LogP contribution in [0.5, 0.6) is 0 Å². The lowest BCUT2D eigenvalue weighted by atomic mass is 9.87. The predicted octanol–water partition coefficient (Wildman–Crippen LogP) is 1.90. The number of ether oxygens (including phenoxy) is 1. The first kappa shape index (κ1) is 20.9. The number of aromatic nitrogens is 3. The molecule has 1 aliphatic carbocycles. The number of methoxy groups -OCH3 is 1. The van der Waals surface area contributed by atoms with Crippen molar-refractivity contribution in [2.45, 2.75) is 50.9 Å². The number of rotatable bonds is 5. The fraction of sp³-hybridized carbons (Fsp3) is 0.458. The Labute approximate surface area is 187 Å². The van der Waals surface area contributed by atoms with E-state index in [1.165, 1.54) is 16.8 Å². The molecule has 168 valence electrons. The second-order valence-corrected chi connectivity index (χ2v) is 8.82. The van der Waals surface area contributed by atoms with Crippen molar-refractivity contribution in [2.75, 3.05) is 25.1 Å². The summed E-state index contributed by atoms with van der Waals surface area (Å²) in [5.41, 5.74) is 11.2. The van der Waals surface area contributed by atoms with Crippen LogP contribution in [-0.4, -0.2) is 59.1 Å². The van der Waals surface area contributed by atoms with E-state index in [0.29, 0.717) is 5.69 Å². The molecule has 0 unspecified atom stereocenters. The number of aryl methyl sites for hydroxylation is 2. The quantitative estimate of drug-likeness (QED) is 0.637. The Kier molecular flexibility index (Phi) is 5.57. The van der Waals surface area contributed by atoms with Crippen LogP contribution in [0, 0.1) is 0 Å². The van der Waals surface area contributed by atoms with Gasteiger partial charge in [-0.05, 0) is 61.6 Å². The number of nitrogens with zero attached hydrogens (tertiary/aromatic N) is 4. The van der Waals surface area contributed by atoms with Crippen molar-refractivity contribution in [1.82, 2.24) is 20.1 Å². The van der Waals surface area contributed by atoms with Crippen molar-refractivity contribution in [3.8, 4) is 0 Å². The first-order chi connectivity index (χ1) is 15.6. The second kappa shape index (κ2) is 8.52. The van der Waals surface area contributed by atoms with Crippen molar-refractivity contribution in [3.05, 3.63) is 53.3 Å². The summed E-state index contributed by atoms with van der Waals surface area (Å²) in [6.07, 6.45) is 4.71. The molecule has 1 amide bonds. The Bertz CT molecular complexity index is 1140. The molecule has 3 aromatic rings. The molecule has 5 rings (SSSR count). The van der Waals surface area contributed by atoms with E-state index >= 15 is 0 Å². The standard InChI is InChI=1S/C24H30N6O2/c1-3-29-9-8-17-12-21(27-28-23(17)29)24(31)26-18-6-4-16-11-19(7-5-15(16)10-18)30-13-20(25)22(14-30)32-2/h5,7-9,11-12,18,20,22H,3-4,6,10,13-14,25H2,1-2H3,(H,26,31)/t18-,20-,22-/m0/s1. The van der Waals surface area contributed by atoms with Crippen LogP contribution in [0.4, 0.5) is 5.69 Å². The second-order valence-electron chi connectivity index (χ2n) is 8.82. The first-order valence-electron chi connectivity index (χ1n) is 11.3. The van der Waals surface area contributed by atoms with E-state index in [0.717, 1.165) is 49.9 Å². The lowest BCUT2D eigenvalue weighted by Gasteiger charge is -2.27. The average Bonchev–Trinajstić information content (AvgIpc) is 3.40. The van der Waals surface area contributed by atoms with Crippen molar-refractivity contribution >= 4 is 22.6 Å². The van der Waals surface area contributed by atoms with Gasteiger partial charge in [-0.2, -0.15) is 0 Å². The molecule has 2 aromatic heterocycles. The zero-order valence-corrected chi connectivity index (χ0v) is 18.6. The molecule has 3 heterocycles. The maximum absolute atomic E-state index is 12.8. The Morgan fingerprint density at radius 1 is 1.22 bits per heavy atom. The summed E-state index contributed by atoms with van der Waals surface area (Å²) < 4.78 is 7.50. The summed E-state index contributed by atoms with van der Waals surface area (Å²) >= 11 is 0. The van der Waals surface area contributed by atoms with E-state index < -0.39 is 0 Å². The fourth-order valence-electron chi connectivity index (χ4n) is 4.93. The number of nitrogens with two attached hydrogens (primary N) is 1. The van der Waals surface area contributed by atoms with Crippen LogP contribution in [0.3, 0.4) is 0 Å². The van der Waals surface area contributed by atoms with Gasteiger partial charge in [0.15, 0.2) is 11.3 Å². The van der Waals surface area contributed by atoms with Crippen molar-refractivity contribution < 1.29 is 9.53 Å². The molecule has 3 N–H and O–H groups in total. The molecular formula is C24H30N6O2. The van der Waals surface area contributed by atoms with Crippen LogP contribution in [-0.2, 0) is 24.1 Å². The molecular weight excluding hydrogens is 404 g/mol. The third kappa shape index (κ3) is 3.84. The smallest absolute Gasteiger partial charge is 0.272 e. The van der Waals surface area contributed by atoms with Crippen molar-refractivity contribution in [2.24, 2.45) is 5.73 Å². The molecule has 8 nitrogen and oxygen atoms in total. The molecule has 1 saturated heterocycles. The van der Waals surface area contributed by atoms with Gasteiger partial charge in [0.1, 0.15) is 0 Å². The zero-order chi connectivity index (χ0) is 22.2. The maximum atomic E-state index is 12.8. The molecule has 3 atom stereocenters. The van der Waals surface area contributed by atoms with Gasteiger partial charge in [0, 0.05) is 50.1 Å². The minimum atomic E-state index is -0.162. The number of amides is 1. The summed E-state index contributed by atoms with van der Waals surface area (Å²) in [6, 6.07) is 10.5. The highest BCUT2D eigenvalue weighted by atomic mass is 16.5. The lowest BCUT2D eigenvalue weighted by Crippen LogP contribution is -2.39. The largest absolute Gasteiger partial charge is 0.378 e. The van der Waals surface area contributed by atoms with Gasteiger partial charge in [0.05, 0.1) is 12.1 Å². The van der Waals surface area contributed by atoms with E-state index in [-0.39, 0.29) is 24.1 Å². The van der Waals surface area contributed by atoms with Gasteiger partial charge < -0.3 is 25.3 Å². The van der Waals surface area contributed by atoms with E-state index in [1.807, 2.05) is 22.9 Å². The highest BCUT2D eigenvalue weighted by molar-refractivity contribution is 5.95. The minimum Gasteiger partial charge on any atom is -0.378 e. The van der Waals surface area contributed by atoms with Gasteiger partial charge in [0.2, 0.25) is 0 Å². The highest BCUT2D eigenvalue weighted by Crippen LogP contribution is 2.29. The van der Waals surface area contributed by atoms with E-state index in [4.69, 9.17) is 10.5 Å². The van der Waals surface area contributed by atoms with Crippen LogP contribution < -0.4 is 16.0 Å². The third-order valence-electron chi connectivity index (χ3n) is 6.81. The lowest BCUT2D eigenvalue weighted by molar-refractivity contribution is 0.0928. The normalized spacial score (nSPS) is 22.8. The minimum absolute atomic E-state index is 0.0403. The van der Waals surface area contributed by atoms with E-state index in [2.05, 4.69) is 45.5 Å². The zero-order valence-electron chi connectivity index (χ0n) is 18.6. The van der Waals surface area contributed by atoms with Gasteiger partial charge in [-0.25, -0.2) is 0 Å². The molecule has 0 radical (unpaired) electrons. The van der Waals surface area contributed by atoms with Crippen molar-refractivity contribution in [3.63, 3.8) is 0 Å². The molecule has 2 aliphatic rings. The Morgan fingerprint density at radius 2 is 2.09 bits per heavy atom. The topological polar surface area (TPSA) is 98.3 Å². The molecule has 8 heteroatoms. The number of hydrogen-bond donors (Lipinski definition) is 2. The number of nitrogens with one attached hydrogen (secondary N) is 1. The number of carbonyl (C=O) groups excluding carboxylic acids is 1.